The van der Waals surface area contributed by atoms with E-state index in [9.17, 15) is 18.3 Å². The van der Waals surface area contributed by atoms with E-state index >= 15 is 0 Å². The molecule has 0 aliphatic carbocycles. The fraction of sp³-hybridized carbons (Fsp3) is 0.333. The van der Waals surface area contributed by atoms with Crippen molar-refractivity contribution >= 4 is 27.5 Å². The van der Waals surface area contributed by atoms with Crippen LogP contribution < -0.4 is 0 Å². The number of aliphatic hydroxyl groups is 1. The van der Waals surface area contributed by atoms with E-state index in [2.05, 4.69) is 15.9 Å². The molecule has 0 aliphatic rings. The zero-order valence-electron chi connectivity index (χ0n) is 7.35. The van der Waals surface area contributed by atoms with Crippen LogP contribution in [0, 0.1) is 0 Å². The van der Waals surface area contributed by atoms with E-state index in [0.717, 1.165) is 12.1 Å². The first kappa shape index (κ1) is 12.8. The Hall–Kier alpha value is -0.260. The highest BCUT2D eigenvalue weighted by Gasteiger charge is 2.31. The summed E-state index contributed by atoms with van der Waals surface area (Å²) in [5, 5.41) is 9.36. The number of halogens is 5. The van der Waals surface area contributed by atoms with Gasteiger partial charge in [0, 0.05) is 4.47 Å². The molecule has 0 saturated heterocycles. The van der Waals surface area contributed by atoms with Gasteiger partial charge in [0.1, 0.15) is 0 Å². The number of aliphatic hydroxyl groups excluding tert-OH is 1. The van der Waals surface area contributed by atoms with Crippen molar-refractivity contribution in [2.75, 3.05) is 5.88 Å². The molecule has 6 heteroatoms. The molecule has 1 N–H and O–H groups in total. The summed E-state index contributed by atoms with van der Waals surface area (Å²) in [6, 6.07) is 3.04. The third kappa shape index (κ3) is 3.09. The van der Waals surface area contributed by atoms with Gasteiger partial charge < -0.3 is 5.11 Å². The van der Waals surface area contributed by atoms with Crippen LogP contribution in [0.25, 0.3) is 0 Å². The summed E-state index contributed by atoms with van der Waals surface area (Å²) in [4.78, 5) is 0. The smallest absolute Gasteiger partial charge is 0.387 e. The summed E-state index contributed by atoms with van der Waals surface area (Å²) in [5.41, 5.74) is -0.419. The summed E-state index contributed by atoms with van der Waals surface area (Å²) >= 11 is 8.36. The number of benzene rings is 1. The molecule has 0 saturated carbocycles. The second-order valence-electron chi connectivity index (χ2n) is 2.90. The van der Waals surface area contributed by atoms with Crippen LogP contribution >= 0.6 is 27.5 Å². The average molecular weight is 304 g/mol. The van der Waals surface area contributed by atoms with Crippen molar-refractivity contribution in [2.24, 2.45) is 0 Å². The lowest BCUT2D eigenvalue weighted by Crippen LogP contribution is -2.07. The Morgan fingerprint density at radius 1 is 1.40 bits per heavy atom. The summed E-state index contributed by atoms with van der Waals surface area (Å²) in [7, 11) is 0. The molecule has 1 rings (SSSR count). The van der Waals surface area contributed by atoms with Gasteiger partial charge in [-0.25, -0.2) is 0 Å². The summed E-state index contributed by atoms with van der Waals surface area (Å²) in [6.45, 7) is 0. The molecule has 0 unspecified atom stereocenters. The molecule has 1 aromatic carbocycles. The second-order valence-corrected chi connectivity index (χ2v) is 4.07. The predicted molar refractivity (Wildman–Crippen MR) is 54.8 cm³/mol. The van der Waals surface area contributed by atoms with E-state index in [1.54, 1.807) is 0 Å². The molecular formula is C9H7BrClF3O. The van der Waals surface area contributed by atoms with Crippen molar-refractivity contribution in [1.29, 1.82) is 0 Å². The van der Waals surface area contributed by atoms with Gasteiger partial charge in [0.05, 0.1) is 17.5 Å². The molecule has 1 aromatic rings. The highest BCUT2D eigenvalue weighted by Crippen LogP contribution is 2.34. The largest absolute Gasteiger partial charge is 0.416 e. The summed E-state index contributed by atoms with van der Waals surface area (Å²) in [6.07, 6.45) is -5.35. The van der Waals surface area contributed by atoms with Crippen molar-refractivity contribution in [3.63, 3.8) is 0 Å². The van der Waals surface area contributed by atoms with E-state index < -0.39 is 17.8 Å². The van der Waals surface area contributed by atoms with Gasteiger partial charge in [0.25, 0.3) is 0 Å². The standard InChI is InChI=1S/C9H7BrClF3O/c10-7-3-5(9(12,13)14)1-2-6(7)8(15)4-11/h1-3,8,15H,4H2/t8-/m0/s1. The lowest BCUT2D eigenvalue weighted by atomic mass is 10.1. The number of hydrogen-bond donors (Lipinski definition) is 1. The minimum atomic E-state index is -4.38. The topological polar surface area (TPSA) is 20.2 Å². The van der Waals surface area contributed by atoms with Crippen LogP contribution in [0.15, 0.2) is 22.7 Å². The fourth-order valence-electron chi connectivity index (χ4n) is 1.06. The van der Waals surface area contributed by atoms with Crippen molar-refractivity contribution in [3.05, 3.63) is 33.8 Å². The Morgan fingerprint density at radius 2 is 2.00 bits per heavy atom. The van der Waals surface area contributed by atoms with E-state index in [0.29, 0.717) is 5.56 Å². The van der Waals surface area contributed by atoms with Crippen LogP contribution in [0.4, 0.5) is 13.2 Å². The maximum absolute atomic E-state index is 12.3. The first-order valence-corrected chi connectivity index (χ1v) is 5.29. The Kier molecular flexibility index (Phi) is 4.03. The molecule has 0 heterocycles. The van der Waals surface area contributed by atoms with Gasteiger partial charge in [-0.05, 0) is 17.7 Å². The normalized spacial score (nSPS) is 14.0. The average Bonchev–Trinajstić information content (AvgIpc) is 2.15. The van der Waals surface area contributed by atoms with E-state index in [1.165, 1.54) is 6.07 Å². The molecule has 0 fully saturated rings. The number of rotatable bonds is 2. The second kappa shape index (κ2) is 4.72. The molecule has 1 nitrogen and oxygen atoms in total. The van der Waals surface area contributed by atoms with Gasteiger partial charge in [-0.15, -0.1) is 11.6 Å². The zero-order chi connectivity index (χ0) is 11.6. The molecular weight excluding hydrogens is 296 g/mol. The van der Waals surface area contributed by atoms with Gasteiger partial charge in [-0.2, -0.15) is 13.2 Å². The van der Waals surface area contributed by atoms with Gasteiger partial charge in [-0.3, -0.25) is 0 Å². The van der Waals surface area contributed by atoms with Crippen LogP contribution in [0.1, 0.15) is 17.2 Å². The lowest BCUT2D eigenvalue weighted by Gasteiger charge is -2.12. The molecule has 0 bridgehead atoms. The minimum absolute atomic E-state index is 0.0655. The molecule has 0 amide bonds. The molecule has 84 valence electrons. The van der Waals surface area contributed by atoms with Crippen LogP contribution in [0.2, 0.25) is 0 Å². The highest BCUT2D eigenvalue weighted by atomic mass is 79.9. The Labute approximate surface area is 98.0 Å². The van der Waals surface area contributed by atoms with Crippen molar-refractivity contribution in [1.82, 2.24) is 0 Å². The van der Waals surface area contributed by atoms with E-state index in [1.807, 2.05) is 0 Å². The van der Waals surface area contributed by atoms with Gasteiger partial charge in [0.2, 0.25) is 0 Å². The summed E-state index contributed by atoms with van der Waals surface area (Å²) < 4.78 is 37.0. The van der Waals surface area contributed by atoms with Crippen LogP contribution in [0.3, 0.4) is 0 Å². The van der Waals surface area contributed by atoms with E-state index in [4.69, 9.17) is 11.6 Å². The molecule has 1 atom stereocenters. The summed E-state index contributed by atoms with van der Waals surface area (Å²) in [5.74, 6) is -0.0655. The van der Waals surface area contributed by atoms with E-state index in [-0.39, 0.29) is 10.4 Å². The Balaban J connectivity index is 3.09. The van der Waals surface area contributed by atoms with Gasteiger partial charge >= 0.3 is 6.18 Å². The van der Waals surface area contributed by atoms with Gasteiger partial charge in [-0.1, -0.05) is 22.0 Å². The maximum atomic E-state index is 12.3. The Morgan fingerprint density at radius 3 is 2.40 bits per heavy atom. The third-order valence-corrected chi connectivity index (χ3v) is 2.81. The highest BCUT2D eigenvalue weighted by molar-refractivity contribution is 9.10. The van der Waals surface area contributed by atoms with Crippen molar-refractivity contribution < 1.29 is 18.3 Å². The maximum Gasteiger partial charge on any atom is 0.416 e. The fourth-order valence-corrected chi connectivity index (χ4v) is 1.87. The van der Waals surface area contributed by atoms with Crippen LogP contribution in [-0.2, 0) is 6.18 Å². The monoisotopic (exact) mass is 302 g/mol. The lowest BCUT2D eigenvalue weighted by molar-refractivity contribution is -0.137. The molecule has 0 aromatic heterocycles. The minimum Gasteiger partial charge on any atom is -0.387 e. The molecule has 15 heavy (non-hydrogen) atoms. The Bertz CT molecular complexity index is 354. The van der Waals surface area contributed by atoms with Crippen molar-refractivity contribution in [2.45, 2.75) is 12.3 Å². The SMILES string of the molecule is O[C@@H](CCl)c1ccc(C(F)(F)F)cc1Br. The molecule has 0 radical (unpaired) electrons. The van der Waals surface area contributed by atoms with Gasteiger partial charge in [0.15, 0.2) is 0 Å². The third-order valence-electron chi connectivity index (χ3n) is 1.83. The van der Waals surface area contributed by atoms with Crippen LogP contribution in [-0.4, -0.2) is 11.0 Å². The molecule has 0 aliphatic heterocycles. The number of alkyl halides is 4. The van der Waals surface area contributed by atoms with Crippen LogP contribution in [0.5, 0.6) is 0 Å². The number of hydrogen-bond acceptors (Lipinski definition) is 1. The first-order valence-electron chi connectivity index (χ1n) is 3.97. The zero-order valence-corrected chi connectivity index (χ0v) is 9.70. The van der Waals surface area contributed by atoms with Crippen molar-refractivity contribution in [3.8, 4) is 0 Å². The predicted octanol–water partition coefficient (Wildman–Crippen LogP) is 3.74. The quantitative estimate of drug-likeness (QED) is 0.825. The molecule has 0 spiro atoms. The first-order chi connectivity index (χ1) is 6.86.